The Kier molecular flexibility index (Phi) is 5.46. The first-order valence-corrected chi connectivity index (χ1v) is 7.08. The van der Waals surface area contributed by atoms with Crippen LogP contribution in [0.15, 0.2) is 36.4 Å². The van der Waals surface area contributed by atoms with Gasteiger partial charge < -0.3 is 15.4 Å². The Labute approximate surface area is 137 Å². The highest BCUT2D eigenvalue weighted by Gasteiger charge is 2.09. The van der Waals surface area contributed by atoms with Crippen LogP contribution in [-0.4, -0.2) is 19.6 Å². The van der Waals surface area contributed by atoms with E-state index in [1.807, 2.05) is 0 Å². The van der Waals surface area contributed by atoms with E-state index in [0.29, 0.717) is 16.5 Å². The zero-order chi connectivity index (χ0) is 16.1. The normalized spacial score (nSPS) is 10.2. The lowest BCUT2D eigenvalue weighted by Crippen LogP contribution is -2.22. The molecule has 0 saturated carbocycles. The number of hydrogen-bond donors (Lipinski definition) is 2. The molecule has 0 aliphatic heterocycles. The predicted octanol–water partition coefficient (Wildman–Crippen LogP) is 4.19. The molecular weight excluding hydrogens is 330 g/mol. The summed E-state index contributed by atoms with van der Waals surface area (Å²) >= 11 is 11.6. The summed E-state index contributed by atoms with van der Waals surface area (Å²) in [5.74, 6) is -0.427. The number of nitrogens with one attached hydrogen (secondary N) is 2. The highest BCUT2D eigenvalue weighted by Crippen LogP contribution is 2.27. The molecule has 1 amide bonds. The fourth-order valence-corrected chi connectivity index (χ4v) is 2.20. The van der Waals surface area contributed by atoms with E-state index in [4.69, 9.17) is 27.9 Å². The molecule has 0 radical (unpaired) electrons. The fourth-order valence-electron chi connectivity index (χ4n) is 1.77. The summed E-state index contributed by atoms with van der Waals surface area (Å²) in [5, 5.41) is 5.70. The molecule has 116 valence electrons. The Morgan fingerprint density at radius 3 is 2.68 bits per heavy atom. The number of halogens is 3. The number of amides is 1. The summed E-state index contributed by atoms with van der Waals surface area (Å²) in [6.45, 7) is -0.110. The van der Waals surface area contributed by atoms with E-state index in [9.17, 15) is 9.18 Å². The van der Waals surface area contributed by atoms with Gasteiger partial charge >= 0.3 is 0 Å². The number of carbonyl (C=O) groups excluding carboxylic acids is 1. The summed E-state index contributed by atoms with van der Waals surface area (Å²) in [5.41, 5.74) is 0.680. The molecule has 0 unspecified atom stereocenters. The number of methoxy groups -OCH3 is 1. The van der Waals surface area contributed by atoms with E-state index in [1.54, 1.807) is 24.3 Å². The van der Waals surface area contributed by atoms with Crippen LogP contribution in [0.4, 0.5) is 15.8 Å². The number of hydrogen-bond acceptors (Lipinski definition) is 3. The van der Waals surface area contributed by atoms with Crippen molar-refractivity contribution in [3.63, 3.8) is 0 Å². The summed E-state index contributed by atoms with van der Waals surface area (Å²) in [7, 11) is 1.50. The van der Waals surface area contributed by atoms with Crippen LogP contribution in [-0.2, 0) is 4.79 Å². The van der Waals surface area contributed by atoms with Crippen molar-refractivity contribution < 1.29 is 13.9 Å². The van der Waals surface area contributed by atoms with Crippen LogP contribution in [0, 0.1) is 5.82 Å². The maximum Gasteiger partial charge on any atom is 0.243 e. The van der Waals surface area contributed by atoms with Crippen LogP contribution in [0.1, 0.15) is 0 Å². The van der Waals surface area contributed by atoms with Crippen LogP contribution in [0.3, 0.4) is 0 Å². The van der Waals surface area contributed by atoms with Crippen molar-refractivity contribution in [2.24, 2.45) is 0 Å². The predicted molar refractivity (Wildman–Crippen MR) is 86.5 cm³/mol. The Bertz CT molecular complexity index is 695. The third-order valence-corrected chi connectivity index (χ3v) is 3.41. The molecule has 7 heteroatoms. The maximum absolute atomic E-state index is 13.7. The van der Waals surface area contributed by atoms with Gasteiger partial charge in [-0.2, -0.15) is 0 Å². The zero-order valence-corrected chi connectivity index (χ0v) is 13.1. The molecule has 0 aliphatic rings. The molecule has 2 aromatic rings. The quantitative estimate of drug-likeness (QED) is 0.856. The van der Waals surface area contributed by atoms with Crippen LogP contribution >= 0.6 is 23.2 Å². The van der Waals surface area contributed by atoms with Gasteiger partial charge in [0.15, 0.2) is 5.82 Å². The average Bonchev–Trinajstić information content (AvgIpc) is 2.49. The second-order valence-electron chi connectivity index (χ2n) is 4.35. The van der Waals surface area contributed by atoms with E-state index < -0.39 is 5.82 Å². The molecule has 2 N–H and O–H groups in total. The molecule has 2 rings (SSSR count). The minimum atomic E-state index is -0.593. The number of anilines is 2. The van der Waals surface area contributed by atoms with Gasteiger partial charge in [-0.15, -0.1) is 0 Å². The molecular formula is C15H13Cl2FN2O2. The third kappa shape index (κ3) is 4.02. The first kappa shape index (κ1) is 16.4. The molecule has 4 nitrogen and oxygen atoms in total. The molecule has 0 atom stereocenters. The van der Waals surface area contributed by atoms with Crippen molar-refractivity contribution in [3.05, 3.63) is 52.3 Å². The van der Waals surface area contributed by atoms with Gasteiger partial charge in [0, 0.05) is 5.69 Å². The summed E-state index contributed by atoms with van der Waals surface area (Å²) < 4.78 is 18.7. The average molecular weight is 343 g/mol. The lowest BCUT2D eigenvalue weighted by Gasteiger charge is -2.10. The molecule has 0 spiro atoms. The van der Waals surface area contributed by atoms with Gasteiger partial charge in [0.2, 0.25) is 5.91 Å². The first-order valence-electron chi connectivity index (χ1n) is 6.32. The van der Waals surface area contributed by atoms with Gasteiger partial charge in [0.25, 0.3) is 0 Å². The second kappa shape index (κ2) is 7.33. The summed E-state index contributed by atoms with van der Waals surface area (Å²) in [6.07, 6.45) is 0. The first-order chi connectivity index (χ1) is 10.5. The van der Waals surface area contributed by atoms with E-state index in [0.717, 1.165) is 0 Å². The highest BCUT2D eigenvalue weighted by molar-refractivity contribution is 6.32. The minimum Gasteiger partial charge on any atom is -0.495 e. The van der Waals surface area contributed by atoms with E-state index in [1.165, 1.54) is 19.2 Å². The van der Waals surface area contributed by atoms with E-state index >= 15 is 0 Å². The van der Waals surface area contributed by atoms with Gasteiger partial charge in [-0.05, 0) is 30.3 Å². The molecule has 0 aromatic heterocycles. The fraction of sp³-hybridized carbons (Fsp3) is 0.133. The van der Waals surface area contributed by atoms with Crippen molar-refractivity contribution in [1.82, 2.24) is 0 Å². The van der Waals surface area contributed by atoms with Crippen molar-refractivity contribution in [1.29, 1.82) is 0 Å². The lowest BCUT2D eigenvalue weighted by molar-refractivity contribution is -0.114. The number of rotatable bonds is 5. The van der Waals surface area contributed by atoms with Gasteiger partial charge in [-0.1, -0.05) is 29.3 Å². The van der Waals surface area contributed by atoms with E-state index in [2.05, 4.69) is 10.6 Å². The third-order valence-electron chi connectivity index (χ3n) is 2.83. The maximum atomic E-state index is 13.7. The SMILES string of the molecule is COc1ccc(NC(=O)CNc2cccc(Cl)c2F)cc1Cl. The number of carbonyl (C=O) groups is 1. The largest absolute Gasteiger partial charge is 0.495 e. The molecule has 0 bridgehead atoms. The topological polar surface area (TPSA) is 50.4 Å². The number of ether oxygens (including phenoxy) is 1. The summed E-state index contributed by atoms with van der Waals surface area (Å²) in [6, 6.07) is 9.39. The lowest BCUT2D eigenvalue weighted by atomic mass is 10.3. The van der Waals surface area contributed by atoms with Crippen molar-refractivity contribution >= 4 is 40.5 Å². The van der Waals surface area contributed by atoms with Gasteiger partial charge in [0.1, 0.15) is 5.75 Å². The molecule has 22 heavy (non-hydrogen) atoms. The minimum absolute atomic E-state index is 0.00709. The molecule has 0 aliphatic carbocycles. The highest BCUT2D eigenvalue weighted by atomic mass is 35.5. The van der Waals surface area contributed by atoms with Crippen LogP contribution in [0.25, 0.3) is 0 Å². The zero-order valence-electron chi connectivity index (χ0n) is 11.6. The van der Waals surface area contributed by atoms with Crippen LogP contribution in [0.2, 0.25) is 10.0 Å². The Hall–Kier alpha value is -1.98. The molecule has 0 heterocycles. The molecule has 2 aromatic carbocycles. The van der Waals surface area contributed by atoms with Crippen molar-refractivity contribution in [3.8, 4) is 5.75 Å². The smallest absolute Gasteiger partial charge is 0.243 e. The van der Waals surface area contributed by atoms with Gasteiger partial charge in [-0.3, -0.25) is 4.79 Å². The van der Waals surface area contributed by atoms with Crippen LogP contribution in [0.5, 0.6) is 5.75 Å². The van der Waals surface area contributed by atoms with Crippen molar-refractivity contribution in [2.45, 2.75) is 0 Å². The van der Waals surface area contributed by atoms with E-state index in [-0.39, 0.29) is 23.2 Å². The molecule has 0 fully saturated rings. The Balaban J connectivity index is 1.96. The second-order valence-corrected chi connectivity index (χ2v) is 5.17. The van der Waals surface area contributed by atoms with Crippen molar-refractivity contribution in [2.75, 3.05) is 24.3 Å². The number of benzene rings is 2. The van der Waals surface area contributed by atoms with Crippen LogP contribution < -0.4 is 15.4 Å². The standard InChI is InChI=1S/C15H13Cl2FN2O2/c1-22-13-6-5-9(7-11(13)17)20-14(21)8-19-12-4-2-3-10(16)15(12)18/h2-7,19H,8H2,1H3,(H,20,21). The Morgan fingerprint density at radius 2 is 2.00 bits per heavy atom. The molecule has 0 saturated heterocycles. The van der Waals surface area contributed by atoms with Gasteiger partial charge in [0.05, 0.1) is 29.4 Å². The van der Waals surface area contributed by atoms with Gasteiger partial charge in [-0.25, -0.2) is 4.39 Å². The monoisotopic (exact) mass is 342 g/mol. The summed E-state index contributed by atoms with van der Waals surface area (Å²) in [4.78, 5) is 11.8. The Morgan fingerprint density at radius 1 is 1.23 bits per heavy atom.